The zero-order valence-corrected chi connectivity index (χ0v) is 15.0. The highest BCUT2D eigenvalue weighted by atomic mass is 79.9. The summed E-state index contributed by atoms with van der Waals surface area (Å²) in [5, 5.41) is 3.34. The van der Waals surface area contributed by atoms with Crippen LogP contribution in [0.2, 0.25) is 5.02 Å². The number of halogens is 2. The van der Waals surface area contributed by atoms with Crippen molar-refractivity contribution in [2.75, 3.05) is 14.1 Å². The first-order chi connectivity index (χ1) is 9.72. The van der Waals surface area contributed by atoms with Crippen molar-refractivity contribution in [3.8, 4) is 0 Å². The molecule has 0 aliphatic rings. The van der Waals surface area contributed by atoms with Gasteiger partial charge in [-0.15, -0.1) is 0 Å². The van der Waals surface area contributed by atoms with E-state index in [0.717, 1.165) is 0 Å². The normalized spacial score (nSPS) is 12.1. The number of hydrogen-bond acceptors (Lipinski definition) is 2. The van der Waals surface area contributed by atoms with Gasteiger partial charge in [-0.05, 0) is 46.5 Å². The van der Waals surface area contributed by atoms with Crippen molar-refractivity contribution < 1.29 is 9.59 Å². The van der Waals surface area contributed by atoms with E-state index in [9.17, 15) is 9.59 Å². The van der Waals surface area contributed by atoms with Gasteiger partial charge in [0.1, 0.15) is 6.04 Å². The van der Waals surface area contributed by atoms with Crippen LogP contribution in [-0.4, -0.2) is 36.9 Å². The maximum atomic E-state index is 12.3. The number of carbonyl (C=O) groups is 2. The molecule has 1 unspecified atom stereocenters. The number of carbonyl (C=O) groups excluding carboxylic acids is 2. The Morgan fingerprint density at radius 2 is 1.95 bits per heavy atom. The van der Waals surface area contributed by atoms with Crippen LogP contribution < -0.4 is 5.32 Å². The van der Waals surface area contributed by atoms with Crippen molar-refractivity contribution in [2.24, 2.45) is 5.92 Å². The molecule has 0 radical (unpaired) electrons. The molecule has 116 valence electrons. The van der Waals surface area contributed by atoms with Crippen LogP contribution in [0.25, 0.3) is 0 Å². The summed E-state index contributed by atoms with van der Waals surface area (Å²) >= 11 is 9.20. The van der Waals surface area contributed by atoms with E-state index in [0.29, 0.717) is 27.4 Å². The Kier molecular flexibility index (Phi) is 6.68. The average molecular weight is 376 g/mol. The van der Waals surface area contributed by atoms with Gasteiger partial charge < -0.3 is 10.2 Å². The van der Waals surface area contributed by atoms with Gasteiger partial charge in [-0.2, -0.15) is 0 Å². The van der Waals surface area contributed by atoms with Gasteiger partial charge in [0.15, 0.2) is 0 Å². The van der Waals surface area contributed by atoms with Crippen LogP contribution in [0.5, 0.6) is 0 Å². The van der Waals surface area contributed by atoms with E-state index >= 15 is 0 Å². The van der Waals surface area contributed by atoms with E-state index in [1.165, 1.54) is 4.90 Å². The van der Waals surface area contributed by atoms with Crippen molar-refractivity contribution >= 4 is 39.3 Å². The molecule has 6 heteroatoms. The average Bonchev–Trinajstić information content (AvgIpc) is 2.39. The minimum absolute atomic E-state index is 0.106. The predicted molar refractivity (Wildman–Crippen MR) is 88.6 cm³/mol. The Morgan fingerprint density at radius 3 is 2.43 bits per heavy atom. The smallest absolute Gasteiger partial charge is 0.251 e. The van der Waals surface area contributed by atoms with Gasteiger partial charge in [0.05, 0.1) is 5.02 Å². The quantitative estimate of drug-likeness (QED) is 0.858. The lowest BCUT2D eigenvalue weighted by Crippen LogP contribution is -2.46. The summed E-state index contributed by atoms with van der Waals surface area (Å²) in [6, 6.07) is 4.40. The molecule has 1 N–H and O–H groups in total. The van der Waals surface area contributed by atoms with Crippen molar-refractivity contribution in [1.82, 2.24) is 10.2 Å². The molecule has 0 saturated heterocycles. The maximum Gasteiger partial charge on any atom is 0.251 e. The van der Waals surface area contributed by atoms with Crippen LogP contribution in [0.1, 0.15) is 30.6 Å². The summed E-state index contributed by atoms with van der Waals surface area (Å²) in [5.74, 6) is -0.0885. The van der Waals surface area contributed by atoms with Gasteiger partial charge in [-0.1, -0.05) is 25.4 Å². The zero-order valence-electron chi connectivity index (χ0n) is 12.6. The van der Waals surface area contributed by atoms with Crippen LogP contribution in [0, 0.1) is 5.92 Å². The first kappa shape index (κ1) is 18.0. The molecule has 21 heavy (non-hydrogen) atoms. The number of nitrogens with zero attached hydrogens (tertiary/aromatic N) is 1. The lowest BCUT2D eigenvalue weighted by atomic mass is 10.0. The minimum atomic E-state index is -0.526. The lowest BCUT2D eigenvalue weighted by molar-refractivity contribution is -0.131. The number of hydrogen-bond donors (Lipinski definition) is 1. The zero-order chi connectivity index (χ0) is 16.2. The highest BCUT2D eigenvalue weighted by Gasteiger charge is 2.24. The van der Waals surface area contributed by atoms with Crippen molar-refractivity contribution in [3.63, 3.8) is 0 Å². The third kappa shape index (κ3) is 5.32. The first-order valence-electron chi connectivity index (χ1n) is 6.69. The lowest BCUT2D eigenvalue weighted by Gasteiger charge is -2.23. The second-order valence-corrected chi connectivity index (χ2v) is 6.78. The Hall–Kier alpha value is -1.07. The highest BCUT2D eigenvalue weighted by molar-refractivity contribution is 9.10. The molecule has 0 aromatic heterocycles. The van der Waals surface area contributed by atoms with Crippen molar-refractivity contribution in [2.45, 2.75) is 26.3 Å². The summed E-state index contributed by atoms with van der Waals surface area (Å²) < 4.78 is 0.649. The second kappa shape index (κ2) is 7.80. The molecule has 2 amide bonds. The van der Waals surface area contributed by atoms with Crippen LogP contribution in [0.15, 0.2) is 22.7 Å². The molecule has 0 heterocycles. The largest absolute Gasteiger partial charge is 0.347 e. The summed E-state index contributed by atoms with van der Waals surface area (Å²) in [6.07, 6.45) is 0.595. The van der Waals surface area contributed by atoms with Crippen LogP contribution >= 0.6 is 27.5 Å². The molecule has 0 bridgehead atoms. The number of nitrogens with one attached hydrogen (secondary N) is 1. The summed E-state index contributed by atoms with van der Waals surface area (Å²) in [7, 11) is 3.36. The summed E-state index contributed by atoms with van der Waals surface area (Å²) in [4.78, 5) is 25.9. The standard InChI is InChI=1S/C15H20BrClN2O2/c1-9(2)7-13(15(21)19(3)4)18-14(20)10-5-6-12(17)11(16)8-10/h5-6,8-9,13H,7H2,1-4H3,(H,18,20). The molecule has 0 aliphatic carbocycles. The highest BCUT2D eigenvalue weighted by Crippen LogP contribution is 2.23. The van der Waals surface area contributed by atoms with Gasteiger partial charge in [0.2, 0.25) is 5.91 Å². The molecular weight excluding hydrogens is 356 g/mol. The summed E-state index contributed by atoms with van der Waals surface area (Å²) in [5.41, 5.74) is 0.464. The molecule has 1 atom stereocenters. The van der Waals surface area contributed by atoms with E-state index < -0.39 is 6.04 Å². The Balaban J connectivity index is 2.89. The van der Waals surface area contributed by atoms with E-state index in [-0.39, 0.29) is 11.8 Å². The van der Waals surface area contributed by atoms with Gasteiger partial charge in [-0.25, -0.2) is 0 Å². The SMILES string of the molecule is CC(C)CC(NC(=O)c1ccc(Cl)c(Br)c1)C(=O)N(C)C. The maximum absolute atomic E-state index is 12.3. The van der Waals surface area contributed by atoms with Gasteiger partial charge >= 0.3 is 0 Å². The van der Waals surface area contributed by atoms with Gasteiger partial charge in [-0.3, -0.25) is 9.59 Å². The third-order valence-corrected chi connectivity index (χ3v) is 4.15. The number of likely N-dealkylation sites (N-methyl/N-ethyl adjacent to an activating group) is 1. The molecule has 1 rings (SSSR count). The molecular formula is C15H20BrClN2O2. The predicted octanol–water partition coefficient (Wildman–Crippen LogP) is 3.34. The molecule has 4 nitrogen and oxygen atoms in total. The molecule has 1 aromatic carbocycles. The fourth-order valence-electron chi connectivity index (χ4n) is 1.88. The molecule has 0 aliphatic heterocycles. The van der Waals surface area contributed by atoms with Crippen LogP contribution in [0.4, 0.5) is 0 Å². The second-order valence-electron chi connectivity index (χ2n) is 5.52. The first-order valence-corrected chi connectivity index (χ1v) is 7.86. The van der Waals surface area contributed by atoms with E-state index in [4.69, 9.17) is 11.6 Å². The third-order valence-electron chi connectivity index (χ3n) is 2.93. The molecule has 1 aromatic rings. The van der Waals surface area contributed by atoms with E-state index in [1.54, 1.807) is 32.3 Å². The van der Waals surface area contributed by atoms with E-state index in [2.05, 4.69) is 21.2 Å². The number of benzene rings is 1. The molecule has 0 saturated carbocycles. The Morgan fingerprint density at radius 1 is 1.33 bits per heavy atom. The fraction of sp³-hybridized carbons (Fsp3) is 0.467. The topological polar surface area (TPSA) is 49.4 Å². The molecule has 0 fully saturated rings. The number of amides is 2. The Labute approximate surface area is 139 Å². The number of rotatable bonds is 5. The van der Waals surface area contributed by atoms with Gasteiger partial charge in [0, 0.05) is 24.1 Å². The minimum Gasteiger partial charge on any atom is -0.347 e. The monoisotopic (exact) mass is 374 g/mol. The summed E-state index contributed by atoms with van der Waals surface area (Å²) in [6.45, 7) is 4.03. The van der Waals surface area contributed by atoms with Gasteiger partial charge in [0.25, 0.3) is 5.91 Å². The van der Waals surface area contributed by atoms with Crippen LogP contribution in [0.3, 0.4) is 0 Å². The van der Waals surface area contributed by atoms with E-state index in [1.807, 2.05) is 13.8 Å². The fourth-order valence-corrected chi connectivity index (χ4v) is 2.38. The molecule has 0 spiro atoms. The Bertz CT molecular complexity index is 532. The van der Waals surface area contributed by atoms with Crippen molar-refractivity contribution in [1.29, 1.82) is 0 Å². The van der Waals surface area contributed by atoms with Crippen LogP contribution in [-0.2, 0) is 4.79 Å². The van der Waals surface area contributed by atoms with Crippen molar-refractivity contribution in [3.05, 3.63) is 33.3 Å².